The first kappa shape index (κ1) is 14.3. The molecule has 12 aromatic rings. The second-order valence-electron chi connectivity index (χ2n) is 12.6. The molecule has 0 N–H and O–H groups in total. The average Bonchev–Trinajstić information content (AvgIpc) is 1.55. The Labute approximate surface area is 377 Å². The maximum Gasteiger partial charge on any atom is 0.238 e. The summed E-state index contributed by atoms with van der Waals surface area (Å²) < 4.78 is 283. The van der Waals surface area contributed by atoms with Crippen LogP contribution >= 0.6 is 0 Å². The second kappa shape index (κ2) is 12.6. The van der Waals surface area contributed by atoms with Crippen molar-refractivity contribution in [3.05, 3.63) is 193 Å². The molecule has 0 radical (unpaired) electrons. The van der Waals surface area contributed by atoms with E-state index < -0.39 is 282 Å². The number of para-hydroxylation sites is 4. The topological polar surface area (TPSA) is 53.5 Å². The molecule has 0 fully saturated rings. The van der Waals surface area contributed by atoms with Gasteiger partial charge in [-0.05, 0) is 73.4 Å². The summed E-state index contributed by atoms with van der Waals surface area (Å²) in [7, 11) is 0. The molecule has 12 rings (SSSR count). The lowest BCUT2D eigenvalue weighted by atomic mass is 10.1. The molecule has 6 heteroatoms. The molecule has 0 spiro atoms. The van der Waals surface area contributed by atoms with Crippen molar-refractivity contribution in [3.8, 4) is 40.1 Å². The molecule has 0 saturated carbocycles. The van der Waals surface area contributed by atoms with Gasteiger partial charge < -0.3 is 9.13 Å². The molecule has 4 aromatic heterocycles. The third-order valence-corrected chi connectivity index (χ3v) is 9.29. The summed E-state index contributed by atoms with van der Waals surface area (Å²) in [5, 5.41) is -3.02. The number of fused-ring (bicyclic) bond motifs is 9. The van der Waals surface area contributed by atoms with Gasteiger partial charge in [0.15, 0.2) is 11.6 Å². The van der Waals surface area contributed by atoms with E-state index in [1.807, 2.05) is 0 Å². The Morgan fingerprint density at radius 3 is 1.41 bits per heavy atom. The lowest BCUT2D eigenvalue weighted by molar-refractivity contribution is 0.953. The monoisotopic (exact) mass is 773 g/mol. The van der Waals surface area contributed by atoms with Crippen LogP contribution in [-0.2, 0) is 0 Å². The number of hydrogen-bond donors (Lipinski definition) is 0. The third kappa shape index (κ3) is 4.88. The molecule has 0 aliphatic rings. The van der Waals surface area contributed by atoms with Crippen molar-refractivity contribution in [3.63, 3.8) is 0 Å². The number of rotatable bonds is 5. The van der Waals surface area contributed by atoms with E-state index >= 15 is 0 Å². The smallest absolute Gasteiger partial charge is 0.238 e. The first-order valence-corrected chi connectivity index (χ1v) is 17.1. The maximum atomic E-state index is 10.1. The SMILES string of the molecule is [2H]c1c([2H])c([2H])c(-c2nc(-c3c([2H])c([2H])c([2H])c(-n4c5c([2H])c([2H])c([2H])c([2H])c5c5c([2H])c(-n6c7c([2H])c([2H])c([2H])c([2H])c7c7c([2H])c(C)c([2H])c([2H])c76)c([2H])c([2H])c54)c3[2H])nc(-n3c4c([2H])c([2H])c([2H])c([2H])c4c4c([2H])c([2H])c([2H])c([2H])c43)n2)c([2H])c1[2H]. The molecule has 0 aliphatic heterocycles. The first-order chi connectivity index (χ1) is 41.6. The van der Waals surface area contributed by atoms with Crippen LogP contribution in [0.15, 0.2) is 187 Å². The van der Waals surface area contributed by atoms with Gasteiger partial charge in [0, 0.05) is 54.8 Å². The standard InChI is InChI=1S/C52H34N6/c1-33-26-28-48-42(30-33)40-20-7-9-22-44(40)57(48)37-27-29-49-43(32-37)41-21-8-10-23-45(41)56(49)36-17-13-16-35(31-36)51-53-50(34-14-3-2-4-15-34)54-52(55-51)58-46-24-11-5-18-38(46)39-19-6-12-25-47(39)58/h2-32H,1H3/i2D,3D,4D,5D,6D,7D,8D,9D,10D,11D,12D,13D,14D,15D,16D,17D,18D,19D,20D,21D,22D,23D,24D,25D,26D,27D,28D,29D,30D,31D,32D. The molecule has 6 nitrogen and oxygen atoms in total. The van der Waals surface area contributed by atoms with Crippen molar-refractivity contribution in [1.29, 1.82) is 0 Å². The molecule has 0 atom stereocenters. The molecule has 8 aromatic carbocycles. The van der Waals surface area contributed by atoms with Gasteiger partial charge in [0.05, 0.1) is 75.6 Å². The Hall–Kier alpha value is -7.83. The summed E-state index contributed by atoms with van der Waals surface area (Å²) in [6.07, 6.45) is 0. The highest BCUT2D eigenvalue weighted by molar-refractivity contribution is 6.12. The van der Waals surface area contributed by atoms with Crippen LogP contribution in [0.1, 0.15) is 48.1 Å². The van der Waals surface area contributed by atoms with Crippen LogP contribution in [0.2, 0.25) is 0 Å². The van der Waals surface area contributed by atoms with Gasteiger partial charge in [-0.1, -0.05) is 126 Å². The Balaban J connectivity index is 1.28. The zero-order valence-electron chi connectivity index (χ0n) is 60.2. The van der Waals surface area contributed by atoms with Crippen LogP contribution in [-0.4, -0.2) is 28.7 Å². The van der Waals surface area contributed by atoms with Gasteiger partial charge in [0.25, 0.3) is 0 Å². The predicted octanol–water partition coefficient (Wildman–Crippen LogP) is 12.8. The van der Waals surface area contributed by atoms with Crippen LogP contribution in [0.3, 0.4) is 0 Å². The normalized spacial score (nSPS) is 19.4. The van der Waals surface area contributed by atoms with E-state index in [0.29, 0.717) is 4.57 Å². The number of benzene rings is 8. The van der Waals surface area contributed by atoms with Crippen LogP contribution in [0.5, 0.6) is 0 Å². The van der Waals surface area contributed by atoms with E-state index in [9.17, 15) is 13.7 Å². The summed E-state index contributed by atoms with van der Waals surface area (Å²) >= 11 is 0. The minimum absolute atomic E-state index is 0.0943. The summed E-state index contributed by atoms with van der Waals surface area (Å²) in [6, 6.07) is -27.9. The Morgan fingerprint density at radius 2 is 0.793 bits per heavy atom. The van der Waals surface area contributed by atoms with Gasteiger partial charge in [-0.3, -0.25) is 4.57 Å². The Bertz CT molecular complexity index is 5230. The van der Waals surface area contributed by atoms with E-state index in [2.05, 4.69) is 15.0 Å². The third-order valence-electron chi connectivity index (χ3n) is 9.29. The first-order valence-electron chi connectivity index (χ1n) is 32.6. The van der Waals surface area contributed by atoms with Crippen molar-refractivity contribution in [1.82, 2.24) is 28.7 Å². The summed E-state index contributed by atoms with van der Waals surface area (Å²) in [6.45, 7) is 1.32. The van der Waals surface area contributed by atoms with Crippen LogP contribution < -0.4 is 0 Å². The molecular formula is C52H34N6. The number of nitrogens with zero attached hydrogens (tertiary/aromatic N) is 6. The summed E-state index contributed by atoms with van der Waals surface area (Å²) in [5.74, 6) is -2.83. The highest BCUT2D eigenvalue weighted by Crippen LogP contribution is 2.38. The fourth-order valence-corrected chi connectivity index (χ4v) is 6.90. The van der Waals surface area contributed by atoms with Gasteiger partial charge in [-0.25, -0.2) is 4.98 Å². The molecule has 272 valence electrons. The van der Waals surface area contributed by atoms with Gasteiger partial charge in [-0.15, -0.1) is 0 Å². The molecular weight excluding hydrogens is 709 g/mol. The predicted molar refractivity (Wildman–Crippen MR) is 238 cm³/mol. The van der Waals surface area contributed by atoms with E-state index in [4.69, 9.17) is 28.8 Å². The van der Waals surface area contributed by atoms with Gasteiger partial charge in [-0.2, -0.15) is 9.97 Å². The van der Waals surface area contributed by atoms with Crippen LogP contribution in [0.4, 0.5) is 0 Å². The van der Waals surface area contributed by atoms with E-state index in [0.717, 1.165) is 9.13 Å². The minimum atomic E-state index is -1.14. The average molecular weight is 774 g/mol. The molecule has 4 heterocycles. The Kier molecular flexibility index (Phi) is 3.10. The minimum Gasteiger partial charge on any atom is -0.309 e. The fourth-order valence-electron chi connectivity index (χ4n) is 6.90. The molecule has 58 heavy (non-hydrogen) atoms. The van der Waals surface area contributed by atoms with E-state index in [-0.39, 0.29) is 16.3 Å². The van der Waals surface area contributed by atoms with Crippen molar-refractivity contribution in [2.75, 3.05) is 0 Å². The zero-order chi connectivity index (χ0) is 65.3. The van der Waals surface area contributed by atoms with E-state index in [1.165, 1.54) is 6.92 Å². The van der Waals surface area contributed by atoms with Gasteiger partial charge >= 0.3 is 0 Å². The van der Waals surface area contributed by atoms with Crippen LogP contribution in [0.25, 0.3) is 106 Å². The Morgan fingerprint density at radius 1 is 0.345 bits per heavy atom. The molecule has 0 amide bonds. The molecule has 0 unspecified atom stereocenters. The lowest BCUT2D eigenvalue weighted by Crippen LogP contribution is -2.06. The number of aromatic nitrogens is 6. The van der Waals surface area contributed by atoms with Crippen molar-refractivity contribution in [2.45, 2.75) is 6.92 Å². The van der Waals surface area contributed by atoms with Crippen LogP contribution in [0, 0.1) is 6.92 Å². The molecule has 0 saturated heterocycles. The summed E-state index contributed by atoms with van der Waals surface area (Å²) in [4.78, 5) is 13.3. The highest BCUT2D eigenvalue weighted by atomic mass is 15.2. The number of hydrogen-bond acceptors (Lipinski definition) is 3. The zero-order valence-corrected chi connectivity index (χ0v) is 29.2. The van der Waals surface area contributed by atoms with Gasteiger partial charge in [0.2, 0.25) is 5.95 Å². The van der Waals surface area contributed by atoms with E-state index in [1.54, 1.807) is 0 Å². The van der Waals surface area contributed by atoms with Crippen molar-refractivity contribution in [2.24, 2.45) is 0 Å². The lowest BCUT2D eigenvalue weighted by Gasteiger charge is -2.13. The van der Waals surface area contributed by atoms with Gasteiger partial charge in [0.1, 0.15) is 0 Å². The van der Waals surface area contributed by atoms with Crippen molar-refractivity contribution < 1.29 is 42.5 Å². The second-order valence-corrected chi connectivity index (χ2v) is 12.6. The summed E-state index contributed by atoms with van der Waals surface area (Å²) in [5.41, 5.74) is -7.31. The maximum absolute atomic E-state index is 10.1. The molecule has 0 bridgehead atoms. The quantitative estimate of drug-likeness (QED) is 0.175. The fraction of sp³-hybridized carbons (Fsp3) is 0.0192. The molecule has 0 aliphatic carbocycles. The largest absolute Gasteiger partial charge is 0.309 e. The highest BCUT2D eigenvalue weighted by Gasteiger charge is 2.20. The van der Waals surface area contributed by atoms with Crippen molar-refractivity contribution >= 4 is 65.4 Å².